The lowest BCUT2D eigenvalue weighted by molar-refractivity contribution is -0.137. The summed E-state index contributed by atoms with van der Waals surface area (Å²) in [6, 6.07) is 15.6. The number of hydrogen-bond acceptors (Lipinski definition) is 1. The van der Waals surface area contributed by atoms with E-state index in [4.69, 9.17) is 0 Å². The molecule has 1 amide bonds. The van der Waals surface area contributed by atoms with Crippen molar-refractivity contribution in [3.05, 3.63) is 71.3 Å². The largest absolute Gasteiger partial charge is 0.416 e. The number of benzene rings is 2. The minimum absolute atomic E-state index is 0.157. The Morgan fingerprint density at radius 1 is 0.966 bits per heavy atom. The maximum absolute atomic E-state index is 13.1. The second-order valence-corrected chi connectivity index (χ2v) is 8.44. The number of carbonyl (C=O) groups excluding carboxylic acids is 1. The van der Waals surface area contributed by atoms with Crippen LogP contribution in [-0.2, 0) is 22.8 Å². The summed E-state index contributed by atoms with van der Waals surface area (Å²) in [4.78, 5) is 14.5. The van der Waals surface area contributed by atoms with E-state index in [1.165, 1.54) is 12.1 Å². The minimum Gasteiger partial charge on any atom is -0.343 e. The molecule has 0 bridgehead atoms. The molecule has 3 rings (SSSR count). The number of halogens is 3. The zero-order valence-corrected chi connectivity index (χ0v) is 17.0. The summed E-state index contributed by atoms with van der Waals surface area (Å²) in [5, 5.41) is 0. The van der Waals surface area contributed by atoms with Crippen molar-refractivity contribution in [1.29, 1.82) is 0 Å². The van der Waals surface area contributed by atoms with Gasteiger partial charge in [0.2, 0.25) is 5.91 Å². The van der Waals surface area contributed by atoms with Crippen LogP contribution in [0.5, 0.6) is 0 Å². The van der Waals surface area contributed by atoms with Gasteiger partial charge in [-0.3, -0.25) is 4.79 Å². The maximum atomic E-state index is 13.1. The zero-order chi connectivity index (χ0) is 21.1. The van der Waals surface area contributed by atoms with E-state index in [9.17, 15) is 18.0 Å². The summed E-state index contributed by atoms with van der Waals surface area (Å²) in [6.45, 7) is 5.36. The second kappa shape index (κ2) is 8.60. The van der Waals surface area contributed by atoms with Crippen LogP contribution in [-0.4, -0.2) is 23.9 Å². The summed E-state index contributed by atoms with van der Waals surface area (Å²) >= 11 is 0. The Bertz CT molecular complexity index is 822. The first-order chi connectivity index (χ1) is 13.7. The van der Waals surface area contributed by atoms with Crippen molar-refractivity contribution >= 4 is 5.91 Å². The standard InChI is InChI=1S/C24H28F3NO/c1-23(2,20-9-6-10-21(17-20)24(25,26)27)19-13-15-28(16-14-19)22(29)12-11-18-7-4-3-5-8-18/h3-10,17,19H,11-16H2,1-2H3. The van der Waals surface area contributed by atoms with Gasteiger partial charge in [-0.25, -0.2) is 0 Å². The lowest BCUT2D eigenvalue weighted by Crippen LogP contribution is -2.43. The number of amides is 1. The molecule has 2 nitrogen and oxygen atoms in total. The van der Waals surface area contributed by atoms with Crippen molar-refractivity contribution in [2.75, 3.05) is 13.1 Å². The predicted molar refractivity (Wildman–Crippen MR) is 109 cm³/mol. The van der Waals surface area contributed by atoms with Gasteiger partial charge in [0.25, 0.3) is 0 Å². The molecule has 0 radical (unpaired) electrons. The number of piperidine rings is 1. The van der Waals surface area contributed by atoms with E-state index in [2.05, 4.69) is 0 Å². The van der Waals surface area contributed by atoms with Crippen LogP contribution in [0.15, 0.2) is 54.6 Å². The molecule has 1 fully saturated rings. The molecule has 0 saturated carbocycles. The fraction of sp³-hybridized carbons (Fsp3) is 0.458. The van der Waals surface area contributed by atoms with Crippen LogP contribution in [0.25, 0.3) is 0 Å². The molecule has 1 saturated heterocycles. The third kappa shape index (κ3) is 5.20. The van der Waals surface area contributed by atoms with Crippen LogP contribution < -0.4 is 0 Å². The van der Waals surface area contributed by atoms with Gasteiger partial charge in [0.05, 0.1) is 5.56 Å². The van der Waals surface area contributed by atoms with Gasteiger partial charge in [-0.15, -0.1) is 0 Å². The molecule has 156 valence electrons. The first-order valence-electron chi connectivity index (χ1n) is 10.2. The fourth-order valence-electron chi connectivity index (χ4n) is 4.24. The minimum atomic E-state index is -4.33. The highest BCUT2D eigenvalue weighted by Crippen LogP contribution is 2.40. The van der Waals surface area contributed by atoms with Gasteiger partial charge in [0, 0.05) is 19.5 Å². The van der Waals surface area contributed by atoms with Crippen molar-refractivity contribution in [3.63, 3.8) is 0 Å². The highest BCUT2D eigenvalue weighted by molar-refractivity contribution is 5.76. The predicted octanol–water partition coefficient (Wildman–Crippen LogP) is 5.85. The van der Waals surface area contributed by atoms with Crippen LogP contribution in [0.4, 0.5) is 13.2 Å². The van der Waals surface area contributed by atoms with Crippen molar-refractivity contribution in [2.24, 2.45) is 5.92 Å². The van der Waals surface area contributed by atoms with Gasteiger partial charge >= 0.3 is 6.18 Å². The van der Waals surface area contributed by atoms with E-state index in [0.717, 1.165) is 30.9 Å². The van der Waals surface area contributed by atoms with Gasteiger partial charge in [-0.05, 0) is 47.8 Å². The summed E-state index contributed by atoms with van der Waals surface area (Å²) in [5.41, 5.74) is 0.889. The summed E-state index contributed by atoms with van der Waals surface area (Å²) in [6.07, 6.45) is -1.50. The Hall–Kier alpha value is -2.30. The smallest absolute Gasteiger partial charge is 0.343 e. The molecule has 0 aromatic heterocycles. The van der Waals surface area contributed by atoms with Crippen LogP contribution in [0.2, 0.25) is 0 Å². The van der Waals surface area contributed by atoms with E-state index >= 15 is 0 Å². The average Bonchev–Trinajstić information content (AvgIpc) is 2.72. The summed E-state index contributed by atoms with van der Waals surface area (Å²) in [5.74, 6) is 0.397. The molecule has 0 N–H and O–H groups in total. The molecule has 0 unspecified atom stereocenters. The molecule has 1 aliphatic heterocycles. The number of carbonyl (C=O) groups is 1. The first-order valence-corrected chi connectivity index (χ1v) is 10.2. The molecule has 0 aliphatic carbocycles. The fourth-order valence-corrected chi connectivity index (χ4v) is 4.24. The SMILES string of the molecule is CC(C)(c1cccc(C(F)(F)F)c1)C1CCN(C(=O)CCc2ccccc2)CC1. The number of likely N-dealkylation sites (tertiary alicyclic amines) is 1. The average molecular weight is 403 g/mol. The third-order valence-electron chi connectivity index (χ3n) is 6.27. The molecule has 29 heavy (non-hydrogen) atoms. The lowest BCUT2D eigenvalue weighted by atomic mass is 9.69. The number of alkyl halides is 3. The molecule has 2 aromatic rings. The molecular formula is C24H28F3NO. The molecule has 1 aliphatic rings. The molecular weight excluding hydrogens is 375 g/mol. The topological polar surface area (TPSA) is 20.3 Å². The van der Waals surface area contributed by atoms with Crippen LogP contribution in [0, 0.1) is 5.92 Å². The summed E-state index contributed by atoms with van der Waals surface area (Å²) in [7, 11) is 0. The summed E-state index contributed by atoms with van der Waals surface area (Å²) < 4.78 is 39.3. The maximum Gasteiger partial charge on any atom is 0.416 e. The molecule has 5 heteroatoms. The van der Waals surface area contributed by atoms with E-state index in [-0.39, 0.29) is 17.2 Å². The monoisotopic (exact) mass is 403 g/mol. The van der Waals surface area contributed by atoms with Gasteiger partial charge in [0.1, 0.15) is 0 Å². The van der Waals surface area contributed by atoms with Gasteiger partial charge in [-0.1, -0.05) is 62.4 Å². The Labute approximate surface area is 170 Å². The first kappa shape index (κ1) is 21.4. The van der Waals surface area contributed by atoms with Gasteiger partial charge in [0.15, 0.2) is 0 Å². The van der Waals surface area contributed by atoms with Crippen LogP contribution in [0.1, 0.15) is 49.8 Å². The van der Waals surface area contributed by atoms with Gasteiger partial charge in [-0.2, -0.15) is 13.2 Å². The van der Waals surface area contributed by atoms with Crippen molar-refractivity contribution in [3.8, 4) is 0 Å². The second-order valence-electron chi connectivity index (χ2n) is 8.44. The van der Waals surface area contributed by atoms with Gasteiger partial charge < -0.3 is 4.90 Å². The molecule has 0 spiro atoms. The molecule has 1 heterocycles. The zero-order valence-electron chi connectivity index (χ0n) is 17.0. The Morgan fingerprint density at radius 3 is 2.21 bits per heavy atom. The van der Waals surface area contributed by atoms with E-state index < -0.39 is 11.7 Å². The lowest BCUT2D eigenvalue weighted by Gasteiger charge is -2.41. The quantitative estimate of drug-likeness (QED) is 0.613. The molecule has 0 atom stereocenters. The third-order valence-corrected chi connectivity index (χ3v) is 6.27. The number of aryl methyl sites for hydroxylation is 1. The Kier molecular flexibility index (Phi) is 6.35. The number of hydrogen-bond donors (Lipinski definition) is 0. The van der Waals surface area contributed by atoms with Crippen molar-refractivity contribution in [2.45, 2.75) is 51.1 Å². The highest BCUT2D eigenvalue weighted by atomic mass is 19.4. The van der Waals surface area contributed by atoms with Crippen molar-refractivity contribution in [1.82, 2.24) is 4.90 Å². The van der Waals surface area contributed by atoms with E-state index in [0.29, 0.717) is 25.1 Å². The van der Waals surface area contributed by atoms with Crippen LogP contribution in [0.3, 0.4) is 0 Å². The van der Waals surface area contributed by atoms with Crippen molar-refractivity contribution < 1.29 is 18.0 Å². The molecule has 2 aromatic carbocycles. The van der Waals surface area contributed by atoms with E-state index in [1.807, 2.05) is 49.1 Å². The Balaban J connectivity index is 1.58. The number of nitrogens with zero attached hydrogens (tertiary/aromatic N) is 1. The normalized spacial score (nSPS) is 16.1. The van der Waals surface area contributed by atoms with Crippen LogP contribution >= 0.6 is 0 Å². The number of rotatable bonds is 5. The van der Waals surface area contributed by atoms with E-state index in [1.54, 1.807) is 6.07 Å². The highest BCUT2D eigenvalue weighted by Gasteiger charge is 2.37. The Morgan fingerprint density at radius 2 is 1.59 bits per heavy atom.